The highest BCUT2D eigenvalue weighted by Crippen LogP contribution is 2.32. The van der Waals surface area contributed by atoms with Crippen molar-refractivity contribution in [3.05, 3.63) is 93.2 Å². The quantitative estimate of drug-likeness (QED) is 0.607. The molecule has 1 aliphatic rings. The van der Waals surface area contributed by atoms with Gasteiger partial charge in [0.15, 0.2) is 0 Å². The SMILES string of the molecule is Cc1ccc(C)c([C@H](c2ccccc2)N2CCN(C(=O)Cc3cccs3)CC2)c1. The van der Waals surface area contributed by atoms with E-state index in [0.29, 0.717) is 6.42 Å². The molecule has 0 unspecified atom stereocenters. The molecule has 2 heterocycles. The lowest BCUT2D eigenvalue weighted by Crippen LogP contribution is -2.50. The molecule has 0 saturated carbocycles. The summed E-state index contributed by atoms with van der Waals surface area (Å²) in [4.78, 5) is 18.4. The van der Waals surface area contributed by atoms with E-state index in [1.54, 1.807) is 11.3 Å². The van der Waals surface area contributed by atoms with Crippen molar-refractivity contribution in [2.24, 2.45) is 0 Å². The summed E-state index contributed by atoms with van der Waals surface area (Å²) in [6, 6.07) is 21.8. The lowest BCUT2D eigenvalue weighted by Gasteiger charge is -2.40. The lowest BCUT2D eigenvalue weighted by molar-refractivity contribution is -0.132. The molecule has 1 fully saturated rings. The number of benzene rings is 2. The Kier molecular flexibility index (Phi) is 6.12. The van der Waals surface area contributed by atoms with E-state index in [1.807, 2.05) is 22.4 Å². The number of rotatable bonds is 5. The van der Waals surface area contributed by atoms with Gasteiger partial charge in [0.2, 0.25) is 5.91 Å². The molecule has 1 saturated heterocycles. The lowest BCUT2D eigenvalue weighted by atomic mass is 9.92. The molecule has 0 aliphatic carbocycles. The number of hydrogen-bond donors (Lipinski definition) is 0. The summed E-state index contributed by atoms with van der Waals surface area (Å²) in [6.45, 7) is 7.72. The van der Waals surface area contributed by atoms with Crippen molar-refractivity contribution < 1.29 is 4.79 Å². The Morgan fingerprint density at radius 3 is 2.41 bits per heavy atom. The van der Waals surface area contributed by atoms with Gasteiger partial charge in [-0.1, -0.05) is 60.2 Å². The number of amides is 1. The number of carbonyl (C=O) groups is 1. The maximum absolute atomic E-state index is 12.7. The van der Waals surface area contributed by atoms with Crippen molar-refractivity contribution in [2.75, 3.05) is 26.2 Å². The molecule has 4 heteroatoms. The largest absolute Gasteiger partial charge is 0.340 e. The van der Waals surface area contributed by atoms with Crippen LogP contribution in [0.2, 0.25) is 0 Å². The number of piperazine rings is 1. The zero-order valence-corrected chi connectivity index (χ0v) is 18.0. The zero-order chi connectivity index (χ0) is 20.2. The first-order valence-corrected chi connectivity index (χ1v) is 11.2. The Morgan fingerprint density at radius 1 is 0.966 bits per heavy atom. The predicted molar refractivity (Wildman–Crippen MR) is 120 cm³/mol. The van der Waals surface area contributed by atoms with Crippen LogP contribution in [0.3, 0.4) is 0 Å². The van der Waals surface area contributed by atoms with Crippen molar-refractivity contribution in [1.29, 1.82) is 0 Å². The minimum atomic E-state index is 0.227. The number of thiophene rings is 1. The van der Waals surface area contributed by atoms with Crippen molar-refractivity contribution in [2.45, 2.75) is 26.3 Å². The van der Waals surface area contributed by atoms with Gasteiger partial charge in [0.25, 0.3) is 0 Å². The average molecular weight is 405 g/mol. The molecule has 29 heavy (non-hydrogen) atoms. The van der Waals surface area contributed by atoms with E-state index < -0.39 is 0 Å². The van der Waals surface area contributed by atoms with Crippen LogP contribution in [0.4, 0.5) is 0 Å². The molecule has 150 valence electrons. The Labute approximate surface area is 177 Å². The van der Waals surface area contributed by atoms with Crippen molar-refractivity contribution in [3.8, 4) is 0 Å². The molecule has 1 atom stereocenters. The number of carbonyl (C=O) groups excluding carboxylic acids is 1. The van der Waals surface area contributed by atoms with E-state index in [1.165, 1.54) is 22.3 Å². The highest BCUT2D eigenvalue weighted by Gasteiger charge is 2.29. The number of hydrogen-bond acceptors (Lipinski definition) is 3. The van der Waals surface area contributed by atoms with Crippen LogP contribution in [0.5, 0.6) is 0 Å². The minimum Gasteiger partial charge on any atom is -0.340 e. The van der Waals surface area contributed by atoms with E-state index in [9.17, 15) is 4.79 Å². The molecule has 1 aliphatic heterocycles. The summed E-state index contributed by atoms with van der Waals surface area (Å²) < 4.78 is 0. The molecule has 3 aromatic rings. The molecule has 4 rings (SSSR count). The van der Waals surface area contributed by atoms with Gasteiger partial charge in [-0.25, -0.2) is 0 Å². The smallest absolute Gasteiger partial charge is 0.227 e. The van der Waals surface area contributed by atoms with Gasteiger partial charge < -0.3 is 4.90 Å². The molecule has 0 radical (unpaired) electrons. The van der Waals surface area contributed by atoms with E-state index in [0.717, 1.165) is 31.1 Å². The van der Waals surface area contributed by atoms with Crippen LogP contribution in [-0.2, 0) is 11.2 Å². The molecular weight excluding hydrogens is 376 g/mol. The summed E-state index contributed by atoms with van der Waals surface area (Å²) in [6.07, 6.45) is 0.525. The minimum absolute atomic E-state index is 0.227. The third-order valence-electron chi connectivity index (χ3n) is 5.78. The Balaban J connectivity index is 1.52. The standard InChI is InChI=1S/C25H28N2OS/c1-19-10-11-20(2)23(17-19)25(21-7-4-3-5-8-21)27-14-12-26(13-15-27)24(28)18-22-9-6-16-29-22/h3-11,16-17,25H,12-15,18H2,1-2H3/t25-/m0/s1. The predicted octanol–water partition coefficient (Wildman–Crippen LogP) is 4.84. The van der Waals surface area contributed by atoms with Crippen LogP contribution in [0.25, 0.3) is 0 Å². The zero-order valence-electron chi connectivity index (χ0n) is 17.2. The number of aryl methyl sites for hydroxylation is 2. The van der Waals surface area contributed by atoms with Gasteiger partial charge in [0.05, 0.1) is 12.5 Å². The summed E-state index contributed by atoms with van der Waals surface area (Å²) in [5, 5.41) is 2.04. The highest BCUT2D eigenvalue weighted by atomic mass is 32.1. The van der Waals surface area contributed by atoms with Crippen LogP contribution in [0, 0.1) is 13.8 Å². The third kappa shape index (κ3) is 4.60. The molecule has 0 N–H and O–H groups in total. The van der Waals surface area contributed by atoms with E-state index >= 15 is 0 Å². The van der Waals surface area contributed by atoms with Gasteiger partial charge in [0, 0.05) is 31.1 Å². The average Bonchev–Trinajstić information content (AvgIpc) is 3.25. The third-order valence-corrected chi connectivity index (χ3v) is 6.66. The molecule has 0 spiro atoms. The van der Waals surface area contributed by atoms with E-state index in [2.05, 4.69) is 67.3 Å². The summed E-state index contributed by atoms with van der Waals surface area (Å²) in [7, 11) is 0. The fourth-order valence-electron chi connectivity index (χ4n) is 4.18. The second-order valence-corrected chi connectivity index (χ2v) is 8.88. The molecule has 3 nitrogen and oxygen atoms in total. The Morgan fingerprint density at radius 2 is 1.72 bits per heavy atom. The van der Waals surface area contributed by atoms with Crippen molar-refractivity contribution in [1.82, 2.24) is 9.80 Å². The first-order chi connectivity index (χ1) is 14.1. The fraction of sp³-hybridized carbons (Fsp3) is 0.320. The van der Waals surface area contributed by atoms with Crippen molar-refractivity contribution in [3.63, 3.8) is 0 Å². The van der Waals surface area contributed by atoms with Crippen LogP contribution in [0.15, 0.2) is 66.0 Å². The first-order valence-electron chi connectivity index (χ1n) is 10.3. The van der Waals surface area contributed by atoms with Gasteiger partial charge >= 0.3 is 0 Å². The molecule has 1 amide bonds. The van der Waals surface area contributed by atoms with Gasteiger partial charge in [-0.3, -0.25) is 9.69 Å². The van der Waals surface area contributed by atoms with Crippen molar-refractivity contribution >= 4 is 17.2 Å². The van der Waals surface area contributed by atoms with Gasteiger partial charge in [-0.15, -0.1) is 11.3 Å². The first kappa shape index (κ1) is 19.9. The summed E-state index contributed by atoms with van der Waals surface area (Å²) in [5.74, 6) is 0.245. The maximum atomic E-state index is 12.7. The summed E-state index contributed by atoms with van der Waals surface area (Å²) >= 11 is 1.66. The van der Waals surface area contributed by atoms with Crippen LogP contribution < -0.4 is 0 Å². The normalized spacial score (nSPS) is 16.0. The van der Waals surface area contributed by atoms with Crippen LogP contribution >= 0.6 is 11.3 Å². The van der Waals surface area contributed by atoms with Gasteiger partial charge in [-0.05, 0) is 42.0 Å². The Hall–Kier alpha value is -2.43. The molecule has 0 bridgehead atoms. The topological polar surface area (TPSA) is 23.6 Å². The monoisotopic (exact) mass is 404 g/mol. The molecular formula is C25H28N2OS. The Bertz CT molecular complexity index is 944. The molecule has 2 aromatic carbocycles. The second kappa shape index (κ2) is 8.93. The second-order valence-electron chi connectivity index (χ2n) is 7.85. The van der Waals surface area contributed by atoms with E-state index in [-0.39, 0.29) is 11.9 Å². The fourth-order valence-corrected chi connectivity index (χ4v) is 4.88. The molecule has 1 aromatic heterocycles. The van der Waals surface area contributed by atoms with E-state index in [4.69, 9.17) is 0 Å². The number of nitrogens with zero attached hydrogens (tertiary/aromatic N) is 2. The van der Waals surface area contributed by atoms with Gasteiger partial charge in [-0.2, -0.15) is 0 Å². The van der Waals surface area contributed by atoms with Crippen LogP contribution in [0.1, 0.15) is 33.2 Å². The highest BCUT2D eigenvalue weighted by molar-refractivity contribution is 7.10. The summed E-state index contributed by atoms with van der Waals surface area (Å²) in [5.41, 5.74) is 5.30. The maximum Gasteiger partial charge on any atom is 0.227 e. The van der Waals surface area contributed by atoms with Crippen LogP contribution in [-0.4, -0.2) is 41.9 Å². The van der Waals surface area contributed by atoms with Gasteiger partial charge in [0.1, 0.15) is 0 Å².